The molecule has 0 radical (unpaired) electrons. The van der Waals surface area contributed by atoms with Crippen LogP contribution in [0.3, 0.4) is 0 Å². The Balaban J connectivity index is 1.87. The van der Waals surface area contributed by atoms with Crippen LogP contribution in [0.15, 0.2) is 36.7 Å². The van der Waals surface area contributed by atoms with Crippen molar-refractivity contribution < 1.29 is 0 Å². The standard InChI is InChI=1S/C17H24N4/c1-4-9-18-17-11-19-16(10-20-17)13-21(3)12-15-7-5-14(2)6-8-15/h5-8,10-11H,4,9,12-13H2,1-3H3,(H,18,20). The van der Waals surface area contributed by atoms with Crippen molar-refractivity contribution in [2.45, 2.75) is 33.4 Å². The monoisotopic (exact) mass is 284 g/mol. The Hall–Kier alpha value is -1.94. The molecule has 0 unspecified atom stereocenters. The summed E-state index contributed by atoms with van der Waals surface area (Å²) in [7, 11) is 2.10. The van der Waals surface area contributed by atoms with E-state index in [1.165, 1.54) is 11.1 Å². The van der Waals surface area contributed by atoms with Gasteiger partial charge >= 0.3 is 0 Å². The fraction of sp³-hybridized carbons (Fsp3) is 0.412. The molecule has 0 saturated carbocycles. The van der Waals surface area contributed by atoms with Crippen molar-refractivity contribution in [3.05, 3.63) is 53.5 Å². The van der Waals surface area contributed by atoms with Gasteiger partial charge in [0.15, 0.2) is 0 Å². The van der Waals surface area contributed by atoms with Crippen LogP contribution in [0.5, 0.6) is 0 Å². The fourth-order valence-electron chi connectivity index (χ4n) is 2.12. The Labute approximate surface area is 127 Å². The molecule has 4 nitrogen and oxygen atoms in total. The Bertz CT molecular complexity index is 534. The Morgan fingerprint density at radius 1 is 1.05 bits per heavy atom. The third-order valence-corrected chi connectivity index (χ3v) is 3.27. The zero-order chi connectivity index (χ0) is 15.1. The fourth-order valence-corrected chi connectivity index (χ4v) is 2.12. The van der Waals surface area contributed by atoms with Gasteiger partial charge in [-0.05, 0) is 26.0 Å². The first kappa shape index (κ1) is 15.4. The molecule has 21 heavy (non-hydrogen) atoms. The highest BCUT2D eigenvalue weighted by atomic mass is 15.1. The van der Waals surface area contributed by atoms with Crippen LogP contribution in [0, 0.1) is 6.92 Å². The molecule has 1 heterocycles. The lowest BCUT2D eigenvalue weighted by atomic mass is 10.1. The summed E-state index contributed by atoms with van der Waals surface area (Å²) < 4.78 is 0. The summed E-state index contributed by atoms with van der Waals surface area (Å²) in [6.45, 7) is 6.89. The summed E-state index contributed by atoms with van der Waals surface area (Å²) in [4.78, 5) is 11.1. The van der Waals surface area contributed by atoms with Crippen LogP contribution in [0.25, 0.3) is 0 Å². The second kappa shape index (κ2) is 7.74. The molecule has 0 aliphatic rings. The lowest BCUT2D eigenvalue weighted by Crippen LogP contribution is -2.18. The van der Waals surface area contributed by atoms with E-state index in [0.29, 0.717) is 0 Å². The quantitative estimate of drug-likeness (QED) is 0.847. The smallest absolute Gasteiger partial charge is 0.144 e. The predicted octanol–water partition coefficient (Wildman–Crippen LogP) is 3.24. The number of nitrogens with zero attached hydrogens (tertiary/aromatic N) is 3. The lowest BCUT2D eigenvalue weighted by Gasteiger charge is -2.16. The minimum Gasteiger partial charge on any atom is -0.369 e. The van der Waals surface area contributed by atoms with Crippen molar-refractivity contribution >= 4 is 5.82 Å². The number of hydrogen-bond donors (Lipinski definition) is 1. The van der Waals surface area contributed by atoms with E-state index in [-0.39, 0.29) is 0 Å². The first-order chi connectivity index (χ1) is 10.2. The van der Waals surface area contributed by atoms with Crippen LogP contribution in [-0.4, -0.2) is 28.5 Å². The van der Waals surface area contributed by atoms with Crippen molar-refractivity contribution in [2.75, 3.05) is 18.9 Å². The van der Waals surface area contributed by atoms with Gasteiger partial charge < -0.3 is 5.32 Å². The largest absolute Gasteiger partial charge is 0.369 e. The van der Waals surface area contributed by atoms with E-state index < -0.39 is 0 Å². The maximum absolute atomic E-state index is 4.46. The molecule has 0 fully saturated rings. The zero-order valence-corrected chi connectivity index (χ0v) is 13.1. The average molecular weight is 284 g/mol. The molecular weight excluding hydrogens is 260 g/mol. The highest BCUT2D eigenvalue weighted by molar-refractivity contribution is 5.30. The second-order valence-electron chi connectivity index (χ2n) is 5.48. The van der Waals surface area contributed by atoms with Crippen LogP contribution < -0.4 is 5.32 Å². The normalized spacial score (nSPS) is 10.9. The second-order valence-corrected chi connectivity index (χ2v) is 5.48. The topological polar surface area (TPSA) is 41.1 Å². The van der Waals surface area contributed by atoms with E-state index in [1.807, 2.05) is 12.4 Å². The number of nitrogens with one attached hydrogen (secondary N) is 1. The molecule has 1 aromatic carbocycles. The maximum Gasteiger partial charge on any atom is 0.144 e. The van der Waals surface area contributed by atoms with E-state index in [4.69, 9.17) is 0 Å². The third-order valence-electron chi connectivity index (χ3n) is 3.27. The van der Waals surface area contributed by atoms with Gasteiger partial charge in [-0.3, -0.25) is 9.88 Å². The molecule has 0 saturated heterocycles. The van der Waals surface area contributed by atoms with Crippen molar-refractivity contribution in [1.82, 2.24) is 14.9 Å². The Kier molecular flexibility index (Phi) is 5.69. The average Bonchev–Trinajstić information content (AvgIpc) is 2.49. The van der Waals surface area contributed by atoms with Gasteiger partial charge in [0, 0.05) is 19.6 Å². The third kappa shape index (κ3) is 5.16. The van der Waals surface area contributed by atoms with Gasteiger partial charge in [-0.15, -0.1) is 0 Å². The number of benzene rings is 1. The van der Waals surface area contributed by atoms with Gasteiger partial charge in [0.2, 0.25) is 0 Å². The Morgan fingerprint density at radius 2 is 1.81 bits per heavy atom. The minimum absolute atomic E-state index is 0.801. The van der Waals surface area contributed by atoms with Gasteiger partial charge in [-0.2, -0.15) is 0 Å². The van der Waals surface area contributed by atoms with E-state index >= 15 is 0 Å². The molecule has 4 heteroatoms. The Morgan fingerprint density at radius 3 is 2.43 bits per heavy atom. The van der Waals surface area contributed by atoms with Gasteiger partial charge in [0.1, 0.15) is 5.82 Å². The highest BCUT2D eigenvalue weighted by Crippen LogP contribution is 2.09. The van der Waals surface area contributed by atoms with E-state index in [9.17, 15) is 0 Å². The molecule has 0 aliphatic carbocycles. The molecule has 2 aromatic rings. The summed E-state index contributed by atoms with van der Waals surface area (Å²) in [5.74, 6) is 0.849. The number of anilines is 1. The molecule has 0 bridgehead atoms. The van der Waals surface area contributed by atoms with Crippen LogP contribution in [0.4, 0.5) is 5.82 Å². The van der Waals surface area contributed by atoms with Crippen molar-refractivity contribution in [2.24, 2.45) is 0 Å². The van der Waals surface area contributed by atoms with Gasteiger partial charge in [-0.1, -0.05) is 36.8 Å². The van der Waals surface area contributed by atoms with E-state index in [2.05, 4.69) is 65.3 Å². The van der Waals surface area contributed by atoms with Gasteiger partial charge in [0.25, 0.3) is 0 Å². The summed E-state index contributed by atoms with van der Waals surface area (Å²) in [5.41, 5.74) is 3.60. The molecule has 0 amide bonds. The molecule has 0 spiro atoms. The first-order valence-corrected chi connectivity index (χ1v) is 7.46. The molecule has 1 aromatic heterocycles. The molecule has 0 aliphatic heterocycles. The number of hydrogen-bond acceptors (Lipinski definition) is 4. The van der Waals surface area contributed by atoms with E-state index in [0.717, 1.165) is 37.6 Å². The summed E-state index contributed by atoms with van der Waals surface area (Å²) in [5, 5.41) is 3.23. The van der Waals surface area contributed by atoms with E-state index in [1.54, 1.807) is 0 Å². The van der Waals surface area contributed by atoms with Gasteiger partial charge in [0.05, 0.1) is 18.1 Å². The SMILES string of the molecule is CCCNc1cnc(CN(C)Cc2ccc(C)cc2)cn1. The van der Waals surface area contributed by atoms with Crippen molar-refractivity contribution in [3.63, 3.8) is 0 Å². The van der Waals surface area contributed by atoms with Crippen LogP contribution in [-0.2, 0) is 13.1 Å². The molecule has 0 atom stereocenters. The lowest BCUT2D eigenvalue weighted by molar-refractivity contribution is 0.314. The summed E-state index contributed by atoms with van der Waals surface area (Å²) in [6.07, 6.45) is 4.75. The van der Waals surface area contributed by atoms with Crippen LogP contribution >= 0.6 is 0 Å². The van der Waals surface area contributed by atoms with Crippen LogP contribution in [0.2, 0.25) is 0 Å². The number of aromatic nitrogens is 2. The molecule has 2 rings (SSSR count). The minimum atomic E-state index is 0.801. The first-order valence-electron chi connectivity index (χ1n) is 7.46. The highest BCUT2D eigenvalue weighted by Gasteiger charge is 2.04. The maximum atomic E-state index is 4.46. The number of rotatable bonds is 7. The predicted molar refractivity (Wildman–Crippen MR) is 87.2 cm³/mol. The molecule has 112 valence electrons. The zero-order valence-electron chi connectivity index (χ0n) is 13.1. The van der Waals surface area contributed by atoms with Gasteiger partial charge in [-0.25, -0.2) is 4.98 Å². The molecular formula is C17H24N4. The number of aryl methyl sites for hydroxylation is 1. The molecule has 1 N–H and O–H groups in total. The summed E-state index contributed by atoms with van der Waals surface area (Å²) in [6, 6.07) is 8.65. The van der Waals surface area contributed by atoms with Crippen LogP contribution in [0.1, 0.15) is 30.2 Å². The summed E-state index contributed by atoms with van der Waals surface area (Å²) >= 11 is 0. The van der Waals surface area contributed by atoms with Crippen molar-refractivity contribution in [3.8, 4) is 0 Å². The van der Waals surface area contributed by atoms with Crippen molar-refractivity contribution in [1.29, 1.82) is 0 Å².